The van der Waals surface area contributed by atoms with Crippen LogP contribution < -0.4 is 10.1 Å². The van der Waals surface area contributed by atoms with Crippen molar-refractivity contribution in [1.82, 2.24) is 5.32 Å². The van der Waals surface area contributed by atoms with Crippen LogP contribution in [0.3, 0.4) is 0 Å². The van der Waals surface area contributed by atoms with Crippen molar-refractivity contribution < 1.29 is 9.84 Å². The minimum Gasteiger partial charge on any atom is -0.489 e. The summed E-state index contributed by atoms with van der Waals surface area (Å²) in [4.78, 5) is 0. The van der Waals surface area contributed by atoms with Crippen molar-refractivity contribution in [2.75, 3.05) is 0 Å². The lowest BCUT2D eigenvalue weighted by Crippen LogP contribution is -2.32. The van der Waals surface area contributed by atoms with E-state index in [-0.39, 0.29) is 6.04 Å². The van der Waals surface area contributed by atoms with Crippen molar-refractivity contribution in [2.45, 2.75) is 44.6 Å². The van der Waals surface area contributed by atoms with E-state index in [0.717, 1.165) is 29.7 Å². The number of aliphatic hydroxyl groups excluding tert-OH is 1. The first-order chi connectivity index (χ1) is 10.7. The van der Waals surface area contributed by atoms with Gasteiger partial charge in [0.25, 0.3) is 0 Å². The third kappa shape index (κ3) is 3.67. The van der Waals surface area contributed by atoms with Crippen LogP contribution in [0.25, 0.3) is 0 Å². The van der Waals surface area contributed by atoms with Gasteiger partial charge in [0, 0.05) is 12.1 Å². The van der Waals surface area contributed by atoms with Gasteiger partial charge in [-0.25, -0.2) is 0 Å². The first-order valence-electron chi connectivity index (χ1n) is 7.93. The van der Waals surface area contributed by atoms with Crippen molar-refractivity contribution in [3.8, 4) is 5.75 Å². The zero-order valence-electron chi connectivity index (χ0n) is 12.9. The summed E-state index contributed by atoms with van der Waals surface area (Å²) in [6.07, 6.45) is 1.65. The summed E-state index contributed by atoms with van der Waals surface area (Å²) >= 11 is 0. The SMILES string of the molecule is C[C@H]1CC[C@@H]([C@H](O)c2cccc(OCc3ccccc3)c2)N1. The Morgan fingerprint density at radius 2 is 1.95 bits per heavy atom. The minimum atomic E-state index is -0.481. The number of aliphatic hydroxyl groups is 1. The van der Waals surface area contributed by atoms with E-state index in [0.29, 0.717) is 12.6 Å². The molecule has 3 nitrogen and oxygen atoms in total. The van der Waals surface area contributed by atoms with Crippen LogP contribution in [0.2, 0.25) is 0 Å². The molecule has 0 spiro atoms. The van der Waals surface area contributed by atoms with Gasteiger partial charge in [0.2, 0.25) is 0 Å². The molecule has 0 radical (unpaired) electrons. The number of hydrogen-bond acceptors (Lipinski definition) is 3. The van der Waals surface area contributed by atoms with E-state index in [1.54, 1.807) is 0 Å². The first-order valence-corrected chi connectivity index (χ1v) is 7.93. The Morgan fingerprint density at radius 3 is 2.68 bits per heavy atom. The third-order valence-electron chi connectivity index (χ3n) is 4.24. The van der Waals surface area contributed by atoms with Gasteiger partial charge >= 0.3 is 0 Å². The summed E-state index contributed by atoms with van der Waals surface area (Å²) in [7, 11) is 0. The topological polar surface area (TPSA) is 41.5 Å². The molecule has 0 unspecified atom stereocenters. The molecule has 2 aromatic carbocycles. The van der Waals surface area contributed by atoms with Gasteiger partial charge < -0.3 is 15.2 Å². The lowest BCUT2D eigenvalue weighted by atomic mass is 10.0. The Hall–Kier alpha value is -1.84. The smallest absolute Gasteiger partial charge is 0.120 e. The molecule has 2 N–H and O–H groups in total. The van der Waals surface area contributed by atoms with E-state index in [2.05, 4.69) is 12.2 Å². The Morgan fingerprint density at radius 1 is 1.14 bits per heavy atom. The van der Waals surface area contributed by atoms with Crippen LogP contribution in [-0.2, 0) is 6.61 Å². The van der Waals surface area contributed by atoms with Crippen molar-refractivity contribution in [3.05, 3.63) is 65.7 Å². The normalized spacial score (nSPS) is 22.5. The van der Waals surface area contributed by atoms with Crippen LogP contribution in [0.1, 0.15) is 37.0 Å². The van der Waals surface area contributed by atoms with Gasteiger partial charge in [-0.3, -0.25) is 0 Å². The number of nitrogens with one attached hydrogen (secondary N) is 1. The third-order valence-corrected chi connectivity index (χ3v) is 4.24. The van der Waals surface area contributed by atoms with Gasteiger partial charge in [-0.05, 0) is 43.0 Å². The van der Waals surface area contributed by atoms with Gasteiger partial charge in [0.1, 0.15) is 12.4 Å². The molecule has 1 saturated heterocycles. The molecule has 0 bridgehead atoms. The molecule has 0 aromatic heterocycles. The van der Waals surface area contributed by atoms with Crippen molar-refractivity contribution >= 4 is 0 Å². The van der Waals surface area contributed by atoms with Gasteiger partial charge in [0.05, 0.1) is 6.10 Å². The van der Waals surface area contributed by atoms with Crippen LogP contribution in [0.5, 0.6) is 5.75 Å². The molecule has 1 fully saturated rings. The van der Waals surface area contributed by atoms with E-state index in [4.69, 9.17) is 4.74 Å². The monoisotopic (exact) mass is 297 g/mol. The van der Waals surface area contributed by atoms with Crippen molar-refractivity contribution in [3.63, 3.8) is 0 Å². The number of hydrogen-bond donors (Lipinski definition) is 2. The number of rotatable bonds is 5. The molecule has 0 aliphatic carbocycles. The molecule has 3 heteroatoms. The molecule has 116 valence electrons. The van der Waals surface area contributed by atoms with E-state index >= 15 is 0 Å². The van der Waals surface area contributed by atoms with Crippen LogP contribution in [-0.4, -0.2) is 17.2 Å². The molecule has 1 aliphatic rings. The number of benzene rings is 2. The molecular formula is C19H23NO2. The van der Waals surface area contributed by atoms with E-state index < -0.39 is 6.10 Å². The highest BCUT2D eigenvalue weighted by atomic mass is 16.5. The molecule has 3 atom stereocenters. The van der Waals surface area contributed by atoms with Crippen LogP contribution in [0, 0.1) is 0 Å². The molecule has 3 rings (SSSR count). The average molecular weight is 297 g/mol. The van der Waals surface area contributed by atoms with Crippen molar-refractivity contribution in [2.24, 2.45) is 0 Å². The van der Waals surface area contributed by atoms with Gasteiger partial charge in [-0.1, -0.05) is 42.5 Å². The standard InChI is InChI=1S/C19H23NO2/c1-14-10-11-18(20-14)19(21)16-8-5-9-17(12-16)22-13-15-6-3-2-4-7-15/h2-9,12,14,18-21H,10-11,13H2,1H3/t14-,18-,19+/m0/s1. The molecule has 1 aliphatic heterocycles. The molecule has 1 heterocycles. The molecular weight excluding hydrogens is 274 g/mol. The Bertz CT molecular complexity index is 599. The quantitative estimate of drug-likeness (QED) is 0.888. The van der Waals surface area contributed by atoms with E-state index in [1.807, 2.05) is 54.6 Å². The fraction of sp³-hybridized carbons (Fsp3) is 0.368. The maximum absolute atomic E-state index is 10.5. The lowest BCUT2D eigenvalue weighted by molar-refractivity contribution is 0.135. The van der Waals surface area contributed by atoms with Crippen LogP contribution >= 0.6 is 0 Å². The second kappa shape index (κ2) is 6.95. The maximum Gasteiger partial charge on any atom is 0.120 e. The largest absolute Gasteiger partial charge is 0.489 e. The molecule has 22 heavy (non-hydrogen) atoms. The second-order valence-electron chi connectivity index (χ2n) is 6.04. The minimum absolute atomic E-state index is 0.138. The Kier molecular flexibility index (Phi) is 4.76. The summed E-state index contributed by atoms with van der Waals surface area (Å²) in [5.41, 5.74) is 2.05. The predicted octanol–water partition coefficient (Wildman–Crippen LogP) is 3.44. The highest BCUT2D eigenvalue weighted by molar-refractivity contribution is 5.31. The predicted molar refractivity (Wildman–Crippen MR) is 87.8 cm³/mol. The fourth-order valence-electron chi connectivity index (χ4n) is 2.97. The highest BCUT2D eigenvalue weighted by Gasteiger charge is 2.27. The first kappa shape index (κ1) is 15.1. The summed E-state index contributed by atoms with van der Waals surface area (Å²) < 4.78 is 5.84. The Labute approximate surface area is 131 Å². The average Bonchev–Trinajstić information content (AvgIpc) is 3.00. The van der Waals surface area contributed by atoms with Crippen molar-refractivity contribution in [1.29, 1.82) is 0 Å². The fourth-order valence-corrected chi connectivity index (χ4v) is 2.97. The summed E-state index contributed by atoms with van der Waals surface area (Å²) in [6, 6.07) is 18.5. The summed E-state index contributed by atoms with van der Waals surface area (Å²) in [5.74, 6) is 0.798. The molecule has 0 amide bonds. The van der Waals surface area contributed by atoms with Gasteiger partial charge in [0.15, 0.2) is 0 Å². The van der Waals surface area contributed by atoms with Crippen LogP contribution in [0.4, 0.5) is 0 Å². The zero-order chi connectivity index (χ0) is 15.4. The maximum atomic E-state index is 10.5. The van der Waals surface area contributed by atoms with Gasteiger partial charge in [-0.2, -0.15) is 0 Å². The molecule has 2 aromatic rings. The molecule has 0 saturated carbocycles. The summed E-state index contributed by atoms with van der Waals surface area (Å²) in [6.45, 7) is 2.70. The number of ether oxygens (including phenoxy) is 1. The van der Waals surface area contributed by atoms with Crippen LogP contribution in [0.15, 0.2) is 54.6 Å². The summed E-state index contributed by atoms with van der Waals surface area (Å²) in [5, 5.41) is 14.0. The highest BCUT2D eigenvalue weighted by Crippen LogP contribution is 2.27. The van der Waals surface area contributed by atoms with E-state index in [9.17, 15) is 5.11 Å². The van der Waals surface area contributed by atoms with Gasteiger partial charge in [-0.15, -0.1) is 0 Å². The second-order valence-corrected chi connectivity index (χ2v) is 6.04. The van der Waals surface area contributed by atoms with E-state index in [1.165, 1.54) is 0 Å². The Balaban J connectivity index is 1.64. The lowest BCUT2D eigenvalue weighted by Gasteiger charge is -2.20. The zero-order valence-corrected chi connectivity index (χ0v) is 12.9.